The third kappa shape index (κ3) is 4.37. The fourth-order valence-corrected chi connectivity index (χ4v) is 1.57. The van der Waals surface area contributed by atoms with Crippen LogP contribution in [0.3, 0.4) is 0 Å². The Labute approximate surface area is 97.1 Å². The molecule has 1 aliphatic heterocycles. The highest BCUT2D eigenvalue weighted by atomic mass is 16.6. The van der Waals surface area contributed by atoms with Gasteiger partial charge in [-0.15, -0.1) is 0 Å². The number of ether oxygens (including phenoxy) is 2. The van der Waals surface area contributed by atoms with Crippen molar-refractivity contribution < 1.29 is 14.3 Å². The van der Waals surface area contributed by atoms with E-state index in [1.165, 1.54) is 0 Å². The molecule has 1 N–H and O–H groups in total. The van der Waals surface area contributed by atoms with Crippen molar-refractivity contribution in [2.45, 2.75) is 20.0 Å². The minimum Gasteiger partial charge on any atom is -0.449 e. The molecular weight excluding hydrogens is 208 g/mol. The number of likely N-dealkylation sites (N-methyl/N-ethyl adjacent to an activating group) is 1. The lowest BCUT2D eigenvalue weighted by atomic mass is 10.2. The van der Waals surface area contributed by atoms with Crippen LogP contribution in [0, 0.1) is 5.92 Å². The first-order valence-corrected chi connectivity index (χ1v) is 5.81. The van der Waals surface area contributed by atoms with Crippen LogP contribution in [0.2, 0.25) is 0 Å². The highest BCUT2D eigenvalue weighted by Crippen LogP contribution is 2.07. The Morgan fingerprint density at radius 1 is 1.62 bits per heavy atom. The predicted molar refractivity (Wildman–Crippen MR) is 61.4 cm³/mol. The summed E-state index contributed by atoms with van der Waals surface area (Å²) in [6.07, 6.45) is -0.150. The number of hydrogen-bond donors (Lipinski definition) is 1. The number of carbonyl (C=O) groups excluding carboxylic acids is 1. The van der Waals surface area contributed by atoms with Crippen molar-refractivity contribution in [2.75, 3.05) is 39.9 Å². The monoisotopic (exact) mass is 230 g/mol. The first kappa shape index (κ1) is 13.3. The van der Waals surface area contributed by atoms with Crippen molar-refractivity contribution in [3.63, 3.8) is 0 Å². The summed E-state index contributed by atoms with van der Waals surface area (Å²) in [5.41, 5.74) is 0. The summed E-state index contributed by atoms with van der Waals surface area (Å²) in [6.45, 7) is 7.10. The molecule has 5 heteroatoms. The molecule has 0 saturated carbocycles. The molecule has 0 aromatic rings. The standard InChI is InChI=1S/C11H22N2O3/c1-9(2)8-16-11(14)13-4-5-15-10(7-13)6-12-3/h9-10,12H,4-8H2,1-3H3. The maximum atomic E-state index is 11.7. The lowest BCUT2D eigenvalue weighted by molar-refractivity contribution is -0.0264. The second-order valence-electron chi connectivity index (χ2n) is 4.47. The van der Waals surface area contributed by atoms with Gasteiger partial charge in [0.25, 0.3) is 0 Å². The summed E-state index contributed by atoms with van der Waals surface area (Å²) in [5, 5.41) is 3.04. The third-order valence-electron chi connectivity index (χ3n) is 2.37. The number of carbonyl (C=O) groups is 1. The second kappa shape index (κ2) is 6.70. The molecule has 1 amide bonds. The number of morpholine rings is 1. The molecule has 16 heavy (non-hydrogen) atoms. The van der Waals surface area contributed by atoms with E-state index in [1.807, 2.05) is 20.9 Å². The summed E-state index contributed by atoms with van der Waals surface area (Å²) in [7, 11) is 1.87. The lowest BCUT2D eigenvalue weighted by Crippen LogP contribution is -2.48. The van der Waals surface area contributed by atoms with Gasteiger partial charge in [-0.1, -0.05) is 13.8 Å². The number of nitrogens with zero attached hydrogens (tertiary/aromatic N) is 1. The lowest BCUT2D eigenvalue weighted by Gasteiger charge is -2.32. The van der Waals surface area contributed by atoms with E-state index in [4.69, 9.17) is 9.47 Å². The van der Waals surface area contributed by atoms with Gasteiger partial charge in [-0.2, -0.15) is 0 Å². The Bertz CT molecular complexity index is 219. The molecule has 0 aromatic carbocycles. The van der Waals surface area contributed by atoms with Crippen molar-refractivity contribution >= 4 is 6.09 Å². The zero-order valence-electron chi connectivity index (χ0n) is 10.4. The molecular formula is C11H22N2O3. The summed E-state index contributed by atoms with van der Waals surface area (Å²) in [4.78, 5) is 13.4. The average Bonchev–Trinajstić information content (AvgIpc) is 2.26. The maximum absolute atomic E-state index is 11.7. The molecule has 0 spiro atoms. The van der Waals surface area contributed by atoms with E-state index in [0.717, 1.165) is 6.54 Å². The fourth-order valence-electron chi connectivity index (χ4n) is 1.57. The Morgan fingerprint density at radius 3 is 3.00 bits per heavy atom. The Hall–Kier alpha value is -0.810. The van der Waals surface area contributed by atoms with E-state index in [9.17, 15) is 4.79 Å². The van der Waals surface area contributed by atoms with Crippen molar-refractivity contribution in [1.29, 1.82) is 0 Å². The van der Waals surface area contributed by atoms with Gasteiger partial charge in [-0.3, -0.25) is 0 Å². The Kier molecular flexibility index (Phi) is 5.55. The summed E-state index contributed by atoms with van der Waals surface area (Å²) in [5.74, 6) is 0.373. The SMILES string of the molecule is CNCC1CN(C(=O)OCC(C)C)CCO1. The van der Waals surface area contributed by atoms with Crippen LogP contribution in [-0.4, -0.2) is 57.0 Å². The molecule has 1 atom stereocenters. The van der Waals surface area contributed by atoms with Crippen molar-refractivity contribution in [3.05, 3.63) is 0 Å². The summed E-state index contributed by atoms with van der Waals surface area (Å²) >= 11 is 0. The van der Waals surface area contributed by atoms with E-state index in [0.29, 0.717) is 32.2 Å². The maximum Gasteiger partial charge on any atom is 0.409 e. The second-order valence-corrected chi connectivity index (χ2v) is 4.47. The van der Waals surface area contributed by atoms with Gasteiger partial charge < -0.3 is 19.7 Å². The zero-order valence-corrected chi connectivity index (χ0v) is 10.4. The van der Waals surface area contributed by atoms with Crippen molar-refractivity contribution in [2.24, 2.45) is 5.92 Å². The molecule has 1 unspecified atom stereocenters. The fraction of sp³-hybridized carbons (Fsp3) is 0.909. The van der Waals surface area contributed by atoms with E-state index in [2.05, 4.69) is 5.32 Å². The predicted octanol–water partition coefficient (Wildman–Crippen LogP) is 0.699. The molecule has 1 saturated heterocycles. The molecule has 1 rings (SSSR count). The molecule has 0 bridgehead atoms. The van der Waals surface area contributed by atoms with Crippen molar-refractivity contribution in [1.82, 2.24) is 10.2 Å². The molecule has 0 radical (unpaired) electrons. The molecule has 5 nitrogen and oxygen atoms in total. The highest BCUT2D eigenvalue weighted by Gasteiger charge is 2.24. The van der Waals surface area contributed by atoms with Crippen LogP contribution in [0.1, 0.15) is 13.8 Å². The largest absolute Gasteiger partial charge is 0.449 e. The molecule has 94 valence electrons. The number of rotatable bonds is 4. The summed E-state index contributed by atoms with van der Waals surface area (Å²) in [6, 6.07) is 0. The molecule has 1 heterocycles. The van der Waals surface area contributed by atoms with Crippen molar-refractivity contribution in [3.8, 4) is 0 Å². The van der Waals surface area contributed by atoms with Crippen LogP contribution >= 0.6 is 0 Å². The van der Waals surface area contributed by atoms with Crippen LogP contribution in [0.5, 0.6) is 0 Å². The van der Waals surface area contributed by atoms with Crippen LogP contribution < -0.4 is 5.32 Å². The van der Waals surface area contributed by atoms with Gasteiger partial charge >= 0.3 is 6.09 Å². The smallest absolute Gasteiger partial charge is 0.409 e. The normalized spacial score (nSPS) is 21.2. The van der Waals surface area contributed by atoms with Gasteiger partial charge in [-0.05, 0) is 13.0 Å². The third-order valence-corrected chi connectivity index (χ3v) is 2.37. The number of amides is 1. The van der Waals surface area contributed by atoms with Gasteiger partial charge in [0.05, 0.1) is 25.9 Å². The van der Waals surface area contributed by atoms with E-state index in [1.54, 1.807) is 4.90 Å². The van der Waals surface area contributed by atoms with Gasteiger partial charge in [0, 0.05) is 13.1 Å². The zero-order chi connectivity index (χ0) is 12.0. The topological polar surface area (TPSA) is 50.8 Å². The Morgan fingerprint density at radius 2 is 2.38 bits per heavy atom. The number of hydrogen-bond acceptors (Lipinski definition) is 4. The van der Waals surface area contributed by atoms with E-state index < -0.39 is 0 Å². The average molecular weight is 230 g/mol. The molecule has 0 aliphatic carbocycles. The van der Waals surface area contributed by atoms with Crippen LogP contribution in [-0.2, 0) is 9.47 Å². The first-order valence-electron chi connectivity index (χ1n) is 5.81. The van der Waals surface area contributed by atoms with Crippen LogP contribution in [0.4, 0.5) is 4.79 Å². The van der Waals surface area contributed by atoms with Gasteiger partial charge in [0.1, 0.15) is 0 Å². The van der Waals surface area contributed by atoms with Crippen LogP contribution in [0.25, 0.3) is 0 Å². The minimum atomic E-state index is -0.224. The Balaban J connectivity index is 2.32. The number of nitrogens with one attached hydrogen (secondary N) is 1. The van der Waals surface area contributed by atoms with E-state index >= 15 is 0 Å². The van der Waals surface area contributed by atoms with E-state index in [-0.39, 0.29) is 12.2 Å². The van der Waals surface area contributed by atoms with Gasteiger partial charge in [-0.25, -0.2) is 4.79 Å². The van der Waals surface area contributed by atoms with Crippen LogP contribution in [0.15, 0.2) is 0 Å². The first-order chi connectivity index (χ1) is 7.63. The molecule has 1 fully saturated rings. The summed E-state index contributed by atoms with van der Waals surface area (Å²) < 4.78 is 10.7. The highest BCUT2D eigenvalue weighted by molar-refractivity contribution is 5.67. The quantitative estimate of drug-likeness (QED) is 0.772. The molecule has 0 aromatic heterocycles. The van der Waals surface area contributed by atoms with Gasteiger partial charge in [0.15, 0.2) is 0 Å². The van der Waals surface area contributed by atoms with Gasteiger partial charge in [0.2, 0.25) is 0 Å². The molecule has 1 aliphatic rings. The minimum absolute atomic E-state index is 0.0744.